The van der Waals surface area contributed by atoms with Crippen molar-refractivity contribution in [2.75, 3.05) is 23.8 Å². The summed E-state index contributed by atoms with van der Waals surface area (Å²) in [5, 5.41) is 8.76. The Morgan fingerprint density at radius 1 is 1.24 bits per heavy atom. The number of nitrogens with one attached hydrogen (secondary N) is 3. The van der Waals surface area contributed by atoms with Crippen molar-refractivity contribution in [1.82, 2.24) is 5.32 Å². The first-order valence-corrected chi connectivity index (χ1v) is 7.18. The van der Waals surface area contributed by atoms with E-state index >= 15 is 0 Å². The van der Waals surface area contributed by atoms with E-state index in [1.807, 2.05) is 6.92 Å². The molecule has 0 saturated carbocycles. The maximum absolute atomic E-state index is 12.1. The van der Waals surface area contributed by atoms with Gasteiger partial charge in [0.05, 0.1) is 12.5 Å². The van der Waals surface area contributed by atoms with Crippen LogP contribution in [0, 0.1) is 5.92 Å². The highest BCUT2D eigenvalue weighted by Crippen LogP contribution is 2.19. The van der Waals surface area contributed by atoms with E-state index < -0.39 is 6.09 Å². The lowest BCUT2D eigenvalue weighted by atomic mass is 10.0. The monoisotopic (exact) mass is 291 g/mol. The van der Waals surface area contributed by atoms with Crippen molar-refractivity contribution in [3.05, 3.63) is 24.3 Å². The first-order valence-electron chi connectivity index (χ1n) is 7.18. The second kappa shape index (κ2) is 7.08. The van der Waals surface area contributed by atoms with E-state index in [2.05, 4.69) is 16.0 Å². The molecule has 0 aromatic heterocycles. The van der Waals surface area contributed by atoms with E-state index in [0.29, 0.717) is 18.0 Å². The Morgan fingerprint density at radius 2 is 1.86 bits per heavy atom. The van der Waals surface area contributed by atoms with Crippen LogP contribution < -0.4 is 16.0 Å². The molecule has 0 bridgehead atoms. The summed E-state index contributed by atoms with van der Waals surface area (Å²) in [6, 6.07) is 7.17. The Balaban J connectivity index is 1.90. The molecule has 0 spiro atoms. The summed E-state index contributed by atoms with van der Waals surface area (Å²) in [5.74, 6) is 0.0286. The number of hydrogen-bond donors (Lipinski definition) is 3. The molecule has 2 atom stereocenters. The summed E-state index contributed by atoms with van der Waals surface area (Å²) in [6.07, 6.45) is 0.371. The molecule has 114 valence electrons. The van der Waals surface area contributed by atoms with Gasteiger partial charge in [-0.15, -0.1) is 0 Å². The van der Waals surface area contributed by atoms with Crippen LogP contribution in [0.3, 0.4) is 0 Å². The standard InChI is InChI=1S/C15H21N3O3/c1-3-21-15(20)18-12-6-4-11(5-7-12)17-14(19)13-8-9-16-10(13)2/h4-7,10,13,16H,3,8-9H2,1-2H3,(H,17,19)(H,18,20). The molecule has 1 heterocycles. The highest BCUT2D eigenvalue weighted by molar-refractivity contribution is 5.93. The number of carbonyl (C=O) groups excluding carboxylic acids is 2. The van der Waals surface area contributed by atoms with Crippen LogP contribution in [-0.4, -0.2) is 31.2 Å². The van der Waals surface area contributed by atoms with Gasteiger partial charge in [0.1, 0.15) is 0 Å². The molecule has 21 heavy (non-hydrogen) atoms. The molecule has 0 radical (unpaired) electrons. The third-order valence-corrected chi connectivity index (χ3v) is 3.54. The summed E-state index contributed by atoms with van der Waals surface area (Å²) in [7, 11) is 0. The Hall–Kier alpha value is -2.08. The number of amides is 2. The molecule has 0 aliphatic carbocycles. The first kappa shape index (κ1) is 15.3. The molecule has 2 amide bonds. The molecular weight excluding hydrogens is 270 g/mol. The maximum Gasteiger partial charge on any atom is 0.411 e. The molecule has 1 saturated heterocycles. The van der Waals surface area contributed by atoms with Crippen molar-refractivity contribution in [2.45, 2.75) is 26.3 Å². The van der Waals surface area contributed by atoms with Crippen molar-refractivity contribution in [3.63, 3.8) is 0 Å². The number of anilines is 2. The van der Waals surface area contributed by atoms with Crippen LogP contribution in [0.5, 0.6) is 0 Å². The largest absolute Gasteiger partial charge is 0.450 e. The lowest BCUT2D eigenvalue weighted by Crippen LogP contribution is -2.32. The second-order valence-electron chi connectivity index (χ2n) is 5.05. The lowest BCUT2D eigenvalue weighted by molar-refractivity contribution is -0.120. The summed E-state index contributed by atoms with van der Waals surface area (Å²) in [5.41, 5.74) is 1.34. The summed E-state index contributed by atoms with van der Waals surface area (Å²) >= 11 is 0. The van der Waals surface area contributed by atoms with Crippen molar-refractivity contribution in [3.8, 4) is 0 Å². The topological polar surface area (TPSA) is 79.5 Å². The zero-order valence-corrected chi connectivity index (χ0v) is 12.3. The van der Waals surface area contributed by atoms with Crippen LogP contribution in [0.15, 0.2) is 24.3 Å². The van der Waals surface area contributed by atoms with Crippen LogP contribution in [-0.2, 0) is 9.53 Å². The van der Waals surface area contributed by atoms with Crippen molar-refractivity contribution in [1.29, 1.82) is 0 Å². The van der Waals surface area contributed by atoms with E-state index in [9.17, 15) is 9.59 Å². The van der Waals surface area contributed by atoms with Gasteiger partial charge in [-0.2, -0.15) is 0 Å². The Morgan fingerprint density at radius 3 is 2.38 bits per heavy atom. The molecule has 1 aliphatic heterocycles. The predicted octanol–water partition coefficient (Wildman–Crippen LogP) is 2.19. The van der Waals surface area contributed by atoms with Gasteiger partial charge in [-0.25, -0.2) is 4.79 Å². The third-order valence-electron chi connectivity index (χ3n) is 3.54. The zero-order valence-electron chi connectivity index (χ0n) is 12.3. The Kier molecular flexibility index (Phi) is 5.16. The van der Waals surface area contributed by atoms with E-state index in [1.165, 1.54) is 0 Å². The van der Waals surface area contributed by atoms with Gasteiger partial charge in [-0.1, -0.05) is 0 Å². The van der Waals surface area contributed by atoms with Crippen LogP contribution in [0.2, 0.25) is 0 Å². The zero-order chi connectivity index (χ0) is 15.2. The number of carbonyl (C=O) groups is 2. The predicted molar refractivity (Wildman–Crippen MR) is 81.3 cm³/mol. The number of hydrogen-bond acceptors (Lipinski definition) is 4. The smallest absolute Gasteiger partial charge is 0.411 e. The minimum atomic E-state index is -0.486. The normalized spacial score (nSPS) is 20.9. The number of benzene rings is 1. The molecule has 1 aliphatic rings. The number of ether oxygens (including phenoxy) is 1. The van der Waals surface area contributed by atoms with Gasteiger partial charge in [0.2, 0.25) is 5.91 Å². The molecule has 2 rings (SSSR count). The second-order valence-corrected chi connectivity index (χ2v) is 5.05. The van der Waals surface area contributed by atoms with Gasteiger partial charge >= 0.3 is 6.09 Å². The minimum absolute atomic E-state index is 0.00216. The molecule has 3 N–H and O–H groups in total. The third kappa shape index (κ3) is 4.19. The highest BCUT2D eigenvalue weighted by Gasteiger charge is 2.29. The fourth-order valence-corrected chi connectivity index (χ4v) is 2.37. The van der Waals surface area contributed by atoms with Gasteiger partial charge < -0.3 is 15.4 Å². The first-order chi connectivity index (χ1) is 10.1. The van der Waals surface area contributed by atoms with E-state index in [0.717, 1.165) is 13.0 Å². The highest BCUT2D eigenvalue weighted by atomic mass is 16.5. The van der Waals surface area contributed by atoms with Gasteiger partial charge in [0.25, 0.3) is 0 Å². The van der Waals surface area contributed by atoms with Gasteiger partial charge in [0, 0.05) is 17.4 Å². The maximum atomic E-state index is 12.1. The van der Waals surface area contributed by atoms with E-state index in [-0.39, 0.29) is 17.9 Å². The average Bonchev–Trinajstić information content (AvgIpc) is 2.87. The molecule has 2 unspecified atom stereocenters. The average molecular weight is 291 g/mol. The van der Waals surface area contributed by atoms with Gasteiger partial charge in [-0.3, -0.25) is 10.1 Å². The van der Waals surface area contributed by atoms with Gasteiger partial charge in [0.15, 0.2) is 0 Å². The molecule has 1 aromatic rings. The summed E-state index contributed by atoms with van der Waals surface area (Å²) in [4.78, 5) is 23.4. The van der Waals surface area contributed by atoms with Crippen LogP contribution in [0.1, 0.15) is 20.3 Å². The van der Waals surface area contributed by atoms with Crippen molar-refractivity contribution < 1.29 is 14.3 Å². The lowest BCUT2D eigenvalue weighted by Gasteiger charge is -2.15. The van der Waals surface area contributed by atoms with Crippen molar-refractivity contribution >= 4 is 23.4 Å². The molecule has 6 heteroatoms. The molecular formula is C15H21N3O3. The van der Waals surface area contributed by atoms with Crippen LogP contribution >= 0.6 is 0 Å². The quantitative estimate of drug-likeness (QED) is 0.794. The Labute approximate surface area is 124 Å². The van der Waals surface area contributed by atoms with Crippen LogP contribution in [0.25, 0.3) is 0 Å². The SMILES string of the molecule is CCOC(=O)Nc1ccc(NC(=O)C2CCNC2C)cc1. The minimum Gasteiger partial charge on any atom is -0.450 e. The summed E-state index contributed by atoms with van der Waals surface area (Å²) in [6.45, 7) is 4.97. The molecule has 6 nitrogen and oxygen atoms in total. The van der Waals surface area contributed by atoms with Gasteiger partial charge in [-0.05, 0) is 51.1 Å². The van der Waals surface area contributed by atoms with Crippen LogP contribution in [0.4, 0.5) is 16.2 Å². The number of rotatable bonds is 4. The fraction of sp³-hybridized carbons (Fsp3) is 0.467. The molecule has 1 fully saturated rings. The fourth-order valence-electron chi connectivity index (χ4n) is 2.37. The van der Waals surface area contributed by atoms with Crippen molar-refractivity contribution in [2.24, 2.45) is 5.92 Å². The van der Waals surface area contributed by atoms with E-state index in [1.54, 1.807) is 31.2 Å². The van der Waals surface area contributed by atoms with E-state index in [4.69, 9.17) is 4.74 Å². The molecule has 1 aromatic carbocycles. The Bertz CT molecular complexity index is 501. The summed E-state index contributed by atoms with van der Waals surface area (Å²) < 4.78 is 4.79.